The number of ether oxygens (including phenoxy) is 1. The second-order valence-corrected chi connectivity index (χ2v) is 6.90. The normalized spacial score (nSPS) is 21.9. The lowest BCUT2D eigenvalue weighted by molar-refractivity contribution is -0.150. The number of nitrogens with one attached hydrogen (secondary N) is 2. The number of urea groups is 1. The van der Waals surface area contributed by atoms with E-state index >= 15 is 0 Å². The van der Waals surface area contributed by atoms with E-state index in [1.165, 1.54) is 17.9 Å². The average Bonchev–Trinajstić information content (AvgIpc) is 2.87. The lowest BCUT2D eigenvalue weighted by Gasteiger charge is -2.36. The number of aryl methyl sites for hydroxylation is 1. The first-order chi connectivity index (χ1) is 10.7. The third kappa shape index (κ3) is 3.78. The van der Waals surface area contributed by atoms with Crippen molar-refractivity contribution in [2.45, 2.75) is 30.1 Å². The fourth-order valence-electron chi connectivity index (χ4n) is 2.32. The molecule has 1 fully saturated rings. The van der Waals surface area contributed by atoms with Crippen LogP contribution in [0.2, 0.25) is 0 Å². The number of nitrogens with zero attached hydrogens (tertiary/aromatic N) is 2. The number of aromatic nitrogens is 2. The molecule has 0 radical (unpaired) electrons. The smallest absolute Gasteiger partial charge is 0.340 e. The van der Waals surface area contributed by atoms with Gasteiger partial charge >= 0.3 is 12.0 Å². The number of hydrogen-bond acceptors (Lipinski definition) is 6. The fraction of sp³-hybridized carbons (Fsp3) is 0.583. The Morgan fingerprint density at radius 2 is 2.13 bits per heavy atom. The molecule has 0 aromatic carbocycles. The van der Waals surface area contributed by atoms with Gasteiger partial charge in [-0.25, -0.2) is 23.7 Å². The van der Waals surface area contributed by atoms with Crippen molar-refractivity contribution in [2.24, 2.45) is 13.0 Å². The Kier molecular flexibility index (Phi) is 4.88. The van der Waals surface area contributed by atoms with Gasteiger partial charge in [0.15, 0.2) is 11.2 Å². The summed E-state index contributed by atoms with van der Waals surface area (Å²) < 4.78 is 44.9. The number of methoxy groups -OCH3 is 1. The predicted molar refractivity (Wildman–Crippen MR) is 75.5 cm³/mol. The zero-order valence-corrected chi connectivity index (χ0v) is 13.3. The summed E-state index contributed by atoms with van der Waals surface area (Å²) in [5.74, 6) is -1.49. The summed E-state index contributed by atoms with van der Waals surface area (Å²) in [6.07, 6.45) is 1.13. The van der Waals surface area contributed by atoms with E-state index in [2.05, 4.69) is 15.0 Å². The first kappa shape index (κ1) is 17.2. The molecule has 0 saturated heterocycles. The molecule has 2 N–H and O–H groups in total. The molecular weight excluding hydrogens is 331 g/mol. The summed E-state index contributed by atoms with van der Waals surface area (Å²) in [6.45, 7) is 0. The molecule has 1 aromatic rings. The van der Waals surface area contributed by atoms with Crippen molar-refractivity contribution in [3.05, 3.63) is 12.5 Å². The highest BCUT2D eigenvalue weighted by molar-refractivity contribution is 7.90. The van der Waals surface area contributed by atoms with Crippen LogP contribution in [0.15, 0.2) is 17.6 Å². The van der Waals surface area contributed by atoms with Crippen LogP contribution in [-0.2, 0) is 26.6 Å². The van der Waals surface area contributed by atoms with Crippen molar-refractivity contribution in [3.8, 4) is 0 Å². The van der Waals surface area contributed by atoms with Gasteiger partial charge in [0.2, 0.25) is 0 Å². The maximum atomic E-state index is 13.5. The molecule has 0 aliphatic heterocycles. The molecule has 9 nitrogen and oxygen atoms in total. The van der Waals surface area contributed by atoms with Gasteiger partial charge in [-0.1, -0.05) is 0 Å². The number of hydrogen-bond donors (Lipinski definition) is 2. The molecule has 1 unspecified atom stereocenters. The lowest BCUT2D eigenvalue weighted by atomic mass is 9.77. The van der Waals surface area contributed by atoms with Gasteiger partial charge in [-0.3, -0.25) is 0 Å². The molecular formula is C12H17FN4O5S. The Balaban J connectivity index is 1.83. The van der Waals surface area contributed by atoms with E-state index in [-0.39, 0.29) is 17.9 Å². The van der Waals surface area contributed by atoms with Crippen LogP contribution in [0.3, 0.4) is 0 Å². The number of alkyl halides is 1. The van der Waals surface area contributed by atoms with Gasteiger partial charge in [0.1, 0.15) is 0 Å². The van der Waals surface area contributed by atoms with Crippen LogP contribution in [0, 0.1) is 5.92 Å². The number of carbonyl (C=O) groups is 2. The van der Waals surface area contributed by atoms with E-state index in [4.69, 9.17) is 0 Å². The van der Waals surface area contributed by atoms with Gasteiger partial charge in [-0.15, -0.1) is 0 Å². The largest absolute Gasteiger partial charge is 0.467 e. The molecule has 1 aliphatic rings. The van der Waals surface area contributed by atoms with Crippen LogP contribution < -0.4 is 10.0 Å². The Labute approximate surface area is 132 Å². The summed E-state index contributed by atoms with van der Waals surface area (Å²) in [5, 5.41) is 2.26. The van der Waals surface area contributed by atoms with Crippen molar-refractivity contribution < 1.29 is 27.1 Å². The second-order valence-electron chi connectivity index (χ2n) is 5.28. The van der Waals surface area contributed by atoms with Crippen LogP contribution in [0.25, 0.3) is 0 Å². The highest BCUT2D eigenvalue weighted by atomic mass is 32.2. The van der Waals surface area contributed by atoms with Crippen LogP contribution in [0.5, 0.6) is 0 Å². The summed E-state index contributed by atoms with van der Waals surface area (Å²) in [7, 11) is -1.46. The molecule has 11 heteroatoms. The van der Waals surface area contributed by atoms with E-state index in [0.717, 1.165) is 13.3 Å². The Bertz CT molecular complexity index is 698. The van der Waals surface area contributed by atoms with E-state index in [1.54, 1.807) is 0 Å². The SMILES string of the molecule is COC(=O)C(F)C1CC(NC(=O)NS(=O)(=O)c2cncn2C)C1. The number of esters is 1. The molecule has 2 rings (SSSR count). The number of imidazole rings is 1. The molecule has 1 atom stereocenters. The maximum absolute atomic E-state index is 13.5. The minimum Gasteiger partial charge on any atom is -0.467 e. The molecule has 1 aromatic heterocycles. The molecule has 1 aliphatic carbocycles. The van der Waals surface area contributed by atoms with Gasteiger partial charge in [0, 0.05) is 19.0 Å². The highest BCUT2D eigenvalue weighted by Gasteiger charge is 2.40. The third-order valence-corrected chi connectivity index (χ3v) is 5.02. The topological polar surface area (TPSA) is 119 Å². The fourth-order valence-corrected chi connectivity index (χ4v) is 3.35. The Morgan fingerprint density at radius 3 is 2.65 bits per heavy atom. The van der Waals surface area contributed by atoms with Gasteiger partial charge < -0.3 is 14.6 Å². The molecule has 0 spiro atoms. The predicted octanol–water partition coefficient (Wildman–Crippen LogP) is -0.302. The Hall–Kier alpha value is -2.17. The van der Waals surface area contributed by atoms with Crippen LogP contribution in [-0.4, -0.2) is 49.3 Å². The minimum absolute atomic E-state index is 0.159. The zero-order valence-electron chi connectivity index (χ0n) is 12.5. The summed E-state index contributed by atoms with van der Waals surface area (Å²) in [5.41, 5.74) is 0. The maximum Gasteiger partial charge on any atom is 0.340 e. The molecule has 2 amide bonds. The zero-order chi connectivity index (χ0) is 17.2. The van der Waals surface area contributed by atoms with Gasteiger partial charge in [-0.2, -0.15) is 8.42 Å². The lowest BCUT2D eigenvalue weighted by Crippen LogP contribution is -2.52. The van der Waals surface area contributed by atoms with Crippen LogP contribution in [0.1, 0.15) is 12.8 Å². The molecule has 0 bridgehead atoms. The minimum atomic E-state index is -4.03. The third-order valence-electron chi connectivity index (χ3n) is 3.62. The molecule has 128 valence electrons. The van der Waals surface area contributed by atoms with E-state index in [9.17, 15) is 22.4 Å². The highest BCUT2D eigenvalue weighted by Crippen LogP contribution is 2.32. The number of amides is 2. The molecule has 1 heterocycles. The standard InChI is InChI=1S/C12H17FN4O5S/c1-17-6-14-5-9(17)23(20,21)16-12(19)15-8-3-7(4-8)10(13)11(18)22-2/h5-8,10H,3-4H2,1-2H3,(H2,15,16,19). The molecule has 1 saturated carbocycles. The Morgan fingerprint density at radius 1 is 1.48 bits per heavy atom. The number of sulfonamides is 1. The van der Waals surface area contributed by atoms with Gasteiger partial charge in [0.25, 0.3) is 10.0 Å². The van der Waals surface area contributed by atoms with Gasteiger partial charge in [0.05, 0.1) is 19.6 Å². The number of carbonyl (C=O) groups excluding carboxylic acids is 2. The van der Waals surface area contributed by atoms with Crippen molar-refractivity contribution in [3.63, 3.8) is 0 Å². The summed E-state index contributed by atoms with van der Waals surface area (Å²) >= 11 is 0. The number of rotatable bonds is 5. The average molecular weight is 348 g/mol. The van der Waals surface area contributed by atoms with Crippen molar-refractivity contribution in [2.75, 3.05) is 7.11 Å². The van der Waals surface area contributed by atoms with E-state index in [1.807, 2.05) is 4.72 Å². The summed E-state index contributed by atoms with van der Waals surface area (Å²) in [4.78, 5) is 26.4. The van der Waals surface area contributed by atoms with E-state index < -0.39 is 40.2 Å². The number of halogens is 1. The van der Waals surface area contributed by atoms with Crippen molar-refractivity contribution in [1.29, 1.82) is 0 Å². The van der Waals surface area contributed by atoms with Crippen molar-refractivity contribution in [1.82, 2.24) is 19.6 Å². The molecule has 23 heavy (non-hydrogen) atoms. The van der Waals surface area contributed by atoms with Gasteiger partial charge in [-0.05, 0) is 12.8 Å². The first-order valence-corrected chi connectivity index (χ1v) is 8.24. The summed E-state index contributed by atoms with van der Waals surface area (Å²) in [6, 6.07) is -1.31. The van der Waals surface area contributed by atoms with Crippen LogP contribution >= 0.6 is 0 Å². The van der Waals surface area contributed by atoms with E-state index in [0.29, 0.717) is 0 Å². The van der Waals surface area contributed by atoms with Crippen molar-refractivity contribution >= 4 is 22.0 Å². The van der Waals surface area contributed by atoms with Crippen LogP contribution in [0.4, 0.5) is 9.18 Å². The second kappa shape index (κ2) is 6.52. The quantitative estimate of drug-likeness (QED) is 0.705. The monoisotopic (exact) mass is 348 g/mol. The first-order valence-electron chi connectivity index (χ1n) is 6.76.